The molecule has 3 N–H and O–H groups in total. The van der Waals surface area contributed by atoms with Crippen LogP contribution in [-0.2, 0) is 25.6 Å². The second-order valence-corrected chi connectivity index (χ2v) is 11.5. The molecule has 3 rings (SSSR count). The SMILES string of the molecule is COc1ccc(C(CC(=O)N[C@@H](Cc2ccccc2)C(=O)N[C@H](C(=O)C(F)(F)C(=O)NCC(F)(F)F)C(C)C)c2cc(F)cc(F)c2)cc1. The minimum Gasteiger partial charge on any atom is -0.497 e. The predicted octanol–water partition coefficient (Wildman–Crippen LogP) is 5.25. The molecule has 1 unspecified atom stereocenters. The second kappa shape index (κ2) is 16.4. The van der Waals surface area contributed by atoms with Crippen LogP contribution in [0.2, 0.25) is 0 Å². The first kappa shape index (κ1) is 38.5. The lowest BCUT2D eigenvalue weighted by atomic mass is 9.87. The maximum atomic E-state index is 14.8. The first-order valence-corrected chi connectivity index (χ1v) is 14.9. The van der Waals surface area contributed by atoms with Gasteiger partial charge in [-0.1, -0.05) is 56.3 Å². The number of rotatable bonds is 15. The van der Waals surface area contributed by atoms with Crippen molar-refractivity contribution in [3.05, 3.63) is 101 Å². The summed E-state index contributed by atoms with van der Waals surface area (Å²) in [4.78, 5) is 51.8. The number of methoxy groups -OCH3 is 1. The molecule has 0 bridgehead atoms. The fourth-order valence-electron chi connectivity index (χ4n) is 4.93. The molecule has 0 saturated carbocycles. The minimum absolute atomic E-state index is 0.0957. The van der Waals surface area contributed by atoms with E-state index in [4.69, 9.17) is 4.74 Å². The van der Waals surface area contributed by atoms with Crippen molar-refractivity contribution in [1.29, 1.82) is 0 Å². The van der Waals surface area contributed by atoms with E-state index in [9.17, 15) is 49.9 Å². The van der Waals surface area contributed by atoms with Crippen LogP contribution in [0.15, 0.2) is 72.8 Å². The van der Waals surface area contributed by atoms with Gasteiger partial charge >= 0.3 is 12.1 Å². The number of amides is 3. The lowest BCUT2D eigenvalue weighted by molar-refractivity contribution is -0.165. The Morgan fingerprint density at radius 2 is 1.39 bits per heavy atom. The summed E-state index contributed by atoms with van der Waals surface area (Å²) in [6.07, 6.45) is -5.68. The standard InChI is InChI=1S/C34H34F7N3O5/c1-19(2)29(30(46)34(40,41)32(48)42-18-33(37,38)39)44-31(47)27(13-20-7-5-4-6-8-20)43-28(45)17-26(21-9-11-25(49-3)12-10-21)22-14-23(35)16-24(36)15-22/h4-12,14-16,19,26-27,29H,13,17-18H2,1-3H3,(H,42,48)(H,43,45)(H,44,47)/t26?,27-,29-/m0/s1. The second-order valence-electron chi connectivity index (χ2n) is 11.5. The van der Waals surface area contributed by atoms with Gasteiger partial charge in [0.15, 0.2) is 0 Å². The van der Waals surface area contributed by atoms with Crippen LogP contribution in [0.5, 0.6) is 5.75 Å². The van der Waals surface area contributed by atoms with Crippen molar-refractivity contribution in [1.82, 2.24) is 16.0 Å². The zero-order valence-electron chi connectivity index (χ0n) is 26.5. The lowest BCUT2D eigenvalue weighted by Crippen LogP contribution is -2.59. The first-order valence-electron chi connectivity index (χ1n) is 14.9. The number of carbonyl (C=O) groups is 4. The van der Waals surface area contributed by atoms with E-state index in [1.165, 1.54) is 21.0 Å². The fourth-order valence-corrected chi connectivity index (χ4v) is 4.93. The fraction of sp³-hybridized carbons (Fsp3) is 0.353. The minimum atomic E-state index is -5.03. The zero-order valence-corrected chi connectivity index (χ0v) is 26.5. The third kappa shape index (κ3) is 11.0. The Kier molecular flexibility index (Phi) is 12.9. The van der Waals surface area contributed by atoms with Crippen molar-refractivity contribution < 1.29 is 54.6 Å². The molecular weight excluding hydrogens is 663 g/mol. The highest BCUT2D eigenvalue weighted by Crippen LogP contribution is 2.31. The normalized spacial score (nSPS) is 13.6. The Hall–Kier alpha value is -4.95. The summed E-state index contributed by atoms with van der Waals surface area (Å²) in [6, 6.07) is 13.6. The van der Waals surface area contributed by atoms with Gasteiger partial charge in [-0.05, 0) is 46.9 Å². The summed E-state index contributed by atoms with van der Waals surface area (Å²) >= 11 is 0. The molecule has 3 aromatic rings. The summed E-state index contributed by atoms with van der Waals surface area (Å²) in [5, 5.41) is 5.60. The molecule has 49 heavy (non-hydrogen) atoms. The Morgan fingerprint density at radius 1 is 0.796 bits per heavy atom. The summed E-state index contributed by atoms with van der Waals surface area (Å²) < 4.78 is 101. The van der Waals surface area contributed by atoms with Crippen molar-refractivity contribution >= 4 is 23.5 Å². The molecule has 0 saturated heterocycles. The number of ether oxygens (including phenoxy) is 1. The van der Waals surface area contributed by atoms with E-state index >= 15 is 0 Å². The van der Waals surface area contributed by atoms with Crippen LogP contribution >= 0.6 is 0 Å². The van der Waals surface area contributed by atoms with Crippen LogP contribution in [0.3, 0.4) is 0 Å². The molecule has 0 fully saturated rings. The topological polar surface area (TPSA) is 114 Å². The van der Waals surface area contributed by atoms with Gasteiger partial charge in [-0.15, -0.1) is 0 Å². The van der Waals surface area contributed by atoms with Crippen LogP contribution in [0.1, 0.15) is 42.9 Å². The molecule has 0 aliphatic rings. The molecular formula is C34H34F7N3O5. The molecule has 264 valence electrons. The molecule has 3 atom stereocenters. The van der Waals surface area contributed by atoms with Gasteiger partial charge in [0.25, 0.3) is 5.91 Å². The Balaban J connectivity index is 1.90. The summed E-state index contributed by atoms with van der Waals surface area (Å²) in [5.74, 6) is -14.9. The molecule has 3 aromatic carbocycles. The van der Waals surface area contributed by atoms with E-state index in [2.05, 4.69) is 10.6 Å². The van der Waals surface area contributed by atoms with Crippen molar-refractivity contribution in [2.24, 2.45) is 5.92 Å². The number of benzene rings is 3. The molecule has 15 heteroatoms. The highest BCUT2D eigenvalue weighted by molar-refractivity contribution is 6.10. The van der Waals surface area contributed by atoms with E-state index in [-0.39, 0.29) is 12.0 Å². The molecule has 0 aliphatic heterocycles. The van der Waals surface area contributed by atoms with Gasteiger partial charge in [0, 0.05) is 24.8 Å². The highest BCUT2D eigenvalue weighted by Gasteiger charge is 2.52. The third-order valence-electron chi connectivity index (χ3n) is 7.42. The number of hydrogen-bond donors (Lipinski definition) is 3. The molecule has 0 heterocycles. The van der Waals surface area contributed by atoms with Crippen molar-refractivity contribution in [2.75, 3.05) is 13.7 Å². The number of alkyl halides is 5. The average molecular weight is 698 g/mol. The monoisotopic (exact) mass is 697 g/mol. The number of Topliss-reactive ketones (excluding diaryl/α,β-unsaturated/α-hetero) is 1. The van der Waals surface area contributed by atoms with Crippen molar-refractivity contribution in [2.45, 2.75) is 56.8 Å². The number of hydrogen-bond acceptors (Lipinski definition) is 5. The maximum absolute atomic E-state index is 14.8. The largest absolute Gasteiger partial charge is 0.497 e. The number of nitrogens with one attached hydrogen (secondary N) is 3. The predicted molar refractivity (Wildman–Crippen MR) is 164 cm³/mol. The Morgan fingerprint density at radius 3 is 1.92 bits per heavy atom. The maximum Gasteiger partial charge on any atom is 0.405 e. The molecule has 0 aromatic heterocycles. The van der Waals surface area contributed by atoms with Gasteiger partial charge in [0.05, 0.1) is 13.2 Å². The molecule has 0 spiro atoms. The Bertz CT molecular complexity index is 1600. The van der Waals surface area contributed by atoms with Crippen LogP contribution in [0.25, 0.3) is 0 Å². The quantitative estimate of drug-likeness (QED) is 0.149. The van der Waals surface area contributed by atoms with Gasteiger partial charge in [0.1, 0.15) is 30.0 Å². The molecule has 8 nitrogen and oxygen atoms in total. The smallest absolute Gasteiger partial charge is 0.405 e. The van der Waals surface area contributed by atoms with E-state index in [1.807, 2.05) is 0 Å². The van der Waals surface area contributed by atoms with Gasteiger partial charge in [-0.2, -0.15) is 22.0 Å². The van der Waals surface area contributed by atoms with E-state index in [1.54, 1.807) is 54.6 Å². The summed E-state index contributed by atoms with van der Waals surface area (Å²) in [6.45, 7) is 0.405. The number of ketones is 1. The van der Waals surface area contributed by atoms with E-state index < -0.39 is 84.1 Å². The molecule has 0 radical (unpaired) electrons. The van der Waals surface area contributed by atoms with E-state index in [0.717, 1.165) is 17.4 Å². The lowest BCUT2D eigenvalue weighted by Gasteiger charge is -2.28. The average Bonchev–Trinajstić information content (AvgIpc) is 3.03. The third-order valence-corrected chi connectivity index (χ3v) is 7.42. The van der Waals surface area contributed by atoms with Crippen molar-refractivity contribution in [3.63, 3.8) is 0 Å². The highest BCUT2D eigenvalue weighted by atomic mass is 19.4. The van der Waals surface area contributed by atoms with Crippen LogP contribution in [-0.4, -0.2) is 61.3 Å². The molecule has 0 aliphatic carbocycles. The van der Waals surface area contributed by atoms with Crippen LogP contribution in [0, 0.1) is 17.6 Å². The van der Waals surface area contributed by atoms with Gasteiger partial charge < -0.3 is 20.7 Å². The number of carbonyl (C=O) groups excluding carboxylic acids is 4. The van der Waals surface area contributed by atoms with Crippen LogP contribution < -0.4 is 20.7 Å². The van der Waals surface area contributed by atoms with E-state index in [0.29, 0.717) is 22.9 Å². The zero-order chi connectivity index (χ0) is 36.5. The van der Waals surface area contributed by atoms with Crippen molar-refractivity contribution in [3.8, 4) is 5.75 Å². The van der Waals surface area contributed by atoms with Gasteiger partial charge in [0.2, 0.25) is 17.6 Å². The first-order chi connectivity index (χ1) is 22.9. The summed E-state index contributed by atoms with van der Waals surface area (Å²) in [7, 11) is 1.43. The van der Waals surface area contributed by atoms with Crippen LogP contribution in [0.4, 0.5) is 30.7 Å². The summed E-state index contributed by atoms with van der Waals surface area (Å²) in [5.41, 5.74) is 1.06. The van der Waals surface area contributed by atoms with Gasteiger partial charge in [-0.25, -0.2) is 8.78 Å². The number of halogens is 7. The molecule has 3 amide bonds. The Labute approximate surface area is 277 Å². The van der Waals surface area contributed by atoms with Gasteiger partial charge in [-0.3, -0.25) is 19.2 Å².